The Labute approximate surface area is 198 Å². The predicted octanol–water partition coefficient (Wildman–Crippen LogP) is 4.39. The minimum atomic E-state index is -1.09. The van der Waals surface area contributed by atoms with E-state index < -0.39 is 28.5 Å². The molecule has 1 aliphatic carbocycles. The molecule has 9 atom stereocenters. The van der Waals surface area contributed by atoms with E-state index in [4.69, 9.17) is 19.2 Å². The molecule has 2 bridgehead atoms. The molecule has 4 aliphatic heterocycles. The monoisotopic (exact) mass is 477 g/mol. The van der Waals surface area contributed by atoms with Gasteiger partial charge < -0.3 is 14.8 Å². The zero-order valence-electron chi connectivity index (χ0n) is 19.9. The van der Waals surface area contributed by atoms with Crippen molar-refractivity contribution in [1.82, 2.24) is 0 Å². The maximum absolute atomic E-state index is 12.7. The Hall–Kier alpha value is -1.32. The standard InChI is InChI=1S/C25H35NO6S/c1-15-8-9-20-16(2)21(10-11-22(27)26-17-6-5-7-18(14-17)33(4)28)29-23-25(20)19(15)12-13-24(3,30-23)31-32-25/h5-7,14-16,19-21,23H,8-13H2,1-4H3,(H,26,27)/t15-,16-,19+,20+,21-,23-,24+,25-,33-/m1/s1. The fraction of sp³-hybridized carbons (Fsp3) is 0.720. The van der Waals surface area contributed by atoms with Crippen molar-refractivity contribution >= 4 is 22.4 Å². The van der Waals surface area contributed by atoms with Gasteiger partial charge in [-0.25, -0.2) is 9.78 Å². The summed E-state index contributed by atoms with van der Waals surface area (Å²) >= 11 is 0. The number of benzene rings is 1. The first-order valence-electron chi connectivity index (χ1n) is 12.2. The highest BCUT2D eigenvalue weighted by molar-refractivity contribution is 7.84. The van der Waals surface area contributed by atoms with Gasteiger partial charge in [0.2, 0.25) is 11.7 Å². The lowest BCUT2D eigenvalue weighted by Gasteiger charge is -2.60. The summed E-state index contributed by atoms with van der Waals surface area (Å²) in [6.45, 7) is 6.45. The molecule has 182 valence electrons. The highest BCUT2D eigenvalue weighted by Crippen LogP contribution is 2.60. The molecule has 0 unspecified atom stereocenters. The second-order valence-electron chi connectivity index (χ2n) is 10.5. The van der Waals surface area contributed by atoms with Crippen LogP contribution in [-0.2, 0) is 34.8 Å². The summed E-state index contributed by atoms with van der Waals surface area (Å²) < 4.78 is 24.7. The molecular weight excluding hydrogens is 442 g/mol. The number of rotatable bonds is 5. The predicted molar refractivity (Wildman–Crippen MR) is 123 cm³/mol. The lowest BCUT2D eigenvalue weighted by molar-refractivity contribution is -0.571. The van der Waals surface area contributed by atoms with Gasteiger partial charge in [0, 0.05) is 46.4 Å². The highest BCUT2D eigenvalue weighted by atomic mass is 32.2. The molecule has 0 radical (unpaired) electrons. The first kappa shape index (κ1) is 23.4. The fourth-order valence-corrected chi connectivity index (χ4v) is 7.12. The van der Waals surface area contributed by atoms with Crippen molar-refractivity contribution in [1.29, 1.82) is 0 Å². The maximum atomic E-state index is 12.7. The van der Waals surface area contributed by atoms with Crippen LogP contribution in [0.3, 0.4) is 0 Å². The summed E-state index contributed by atoms with van der Waals surface area (Å²) in [6.07, 6.45) is 6.02. The van der Waals surface area contributed by atoms with Gasteiger partial charge in [-0.3, -0.25) is 9.00 Å². The Kier molecular flexibility index (Phi) is 6.19. The van der Waals surface area contributed by atoms with Gasteiger partial charge in [0.05, 0.1) is 6.10 Å². The topological polar surface area (TPSA) is 83.1 Å². The number of hydrogen-bond donors (Lipinski definition) is 1. The molecular formula is C25H35NO6S. The Balaban J connectivity index is 1.29. The SMILES string of the molecule is C[C@H]1[C@@H](CCC(=O)Nc2cccc([S@@](C)=O)c2)O[C@@H]2O[C@]3(C)CC[C@H]4[C@H](C)CC[C@@H]1[C@@]24OO3. The van der Waals surface area contributed by atoms with Gasteiger partial charge in [-0.15, -0.1) is 0 Å². The molecule has 8 heteroatoms. The van der Waals surface area contributed by atoms with Crippen molar-refractivity contribution < 1.29 is 28.3 Å². The van der Waals surface area contributed by atoms with Crippen LogP contribution in [0.25, 0.3) is 0 Å². The molecule has 1 N–H and O–H groups in total. The number of carbonyl (C=O) groups is 1. The third kappa shape index (κ3) is 4.08. The molecule has 5 fully saturated rings. The molecule has 1 amide bonds. The number of ether oxygens (including phenoxy) is 2. The van der Waals surface area contributed by atoms with Gasteiger partial charge in [0.1, 0.15) is 0 Å². The Morgan fingerprint density at radius 2 is 2.00 bits per heavy atom. The molecule has 1 saturated carbocycles. The molecule has 1 spiro atoms. The number of hydrogen-bond acceptors (Lipinski definition) is 6. The van der Waals surface area contributed by atoms with Crippen molar-refractivity contribution in [2.45, 2.75) is 88.0 Å². The van der Waals surface area contributed by atoms with Crippen molar-refractivity contribution in [3.63, 3.8) is 0 Å². The van der Waals surface area contributed by atoms with E-state index in [9.17, 15) is 9.00 Å². The second kappa shape index (κ2) is 8.72. The molecule has 4 saturated heterocycles. The normalized spacial score (nSPS) is 42.8. The fourth-order valence-electron chi connectivity index (χ4n) is 6.56. The largest absolute Gasteiger partial charge is 0.346 e. The van der Waals surface area contributed by atoms with Crippen LogP contribution < -0.4 is 5.32 Å². The molecule has 1 aromatic carbocycles. The molecule has 0 aromatic heterocycles. The molecule has 6 rings (SSSR count). The lowest BCUT2D eigenvalue weighted by Crippen LogP contribution is -2.70. The van der Waals surface area contributed by atoms with Crippen LogP contribution >= 0.6 is 0 Å². The van der Waals surface area contributed by atoms with Crippen LogP contribution in [0.2, 0.25) is 0 Å². The van der Waals surface area contributed by atoms with Crippen molar-refractivity contribution in [2.75, 3.05) is 11.6 Å². The van der Waals surface area contributed by atoms with E-state index in [0.29, 0.717) is 35.3 Å². The third-order valence-corrected chi connectivity index (χ3v) is 9.32. The average molecular weight is 478 g/mol. The van der Waals surface area contributed by atoms with E-state index in [-0.39, 0.29) is 23.8 Å². The number of carbonyl (C=O) groups excluding carboxylic acids is 1. The summed E-state index contributed by atoms with van der Waals surface area (Å²) in [5.74, 6) is 0.505. The highest BCUT2D eigenvalue weighted by Gasteiger charge is 2.69. The number of nitrogens with one attached hydrogen (secondary N) is 1. The number of fused-ring (bicyclic) bond motifs is 2. The molecule has 5 aliphatic rings. The van der Waals surface area contributed by atoms with E-state index in [0.717, 1.165) is 25.7 Å². The summed E-state index contributed by atoms with van der Waals surface area (Å²) in [7, 11) is -1.09. The van der Waals surface area contributed by atoms with E-state index in [2.05, 4.69) is 19.2 Å². The summed E-state index contributed by atoms with van der Waals surface area (Å²) in [4.78, 5) is 25.4. The summed E-state index contributed by atoms with van der Waals surface area (Å²) in [5, 5.41) is 2.93. The van der Waals surface area contributed by atoms with E-state index in [1.54, 1.807) is 24.5 Å². The molecule has 7 nitrogen and oxygen atoms in total. The second-order valence-corrected chi connectivity index (χ2v) is 11.9. The minimum Gasteiger partial charge on any atom is -0.346 e. The number of anilines is 1. The Morgan fingerprint density at radius 1 is 1.18 bits per heavy atom. The smallest absolute Gasteiger partial charge is 0.224 e. The van der Waals surface area contributed by atoms with E-state index in [1.165, 1.54) is 0 Å². The minimum absolute atomic E-state index is 0.0740. The Morgan fingerprint density at radius 3 is 2.79 bits per heavy atom. The first-order chi connectivity index (χ1) is 15.7. The molecule has 1 aromatic rings. The zero-order valence-corrected chi connectivity index (χ0v) is 20.7. The number of amides is 1. The van der Waals surface area contributed by atoms with Gasteiger partial charge >= 0.3 is 0 Å². The van der Waals surface area contributed by atoms with Crippen LogP contribution in [0.15, 0.2) is 29.2 Å². The lowest BCUT2D eigenvalue weighted by atomic mass is 9.57. The van der Waals surface area contributed by atoms with Crippen LogP contribution in [0, 0.1) is 23.7 Å². The first-order valence-corrected chi connectivity index (χ1v) is 13.7. The van der Waals surface area contributed by atoms with Crippen molar-refractivity contribution in [3.05, 3.63) is 24.3 Å². The van der Waals surface area contributed by atoms with Crippen LogP contribution in [0.4, 0.5) is 5.69 Å². The van der Waals surface area contributed by atoms with Gasteiger partial charge in [-0.2, -0.15) is 0 Å². The van der Waals surface area contributed by atoms with Gasteiger partial charge in [0.15, 0.2) is 11.9 Å². The van der Waals surface area contributed by atoms with Gasteiger partial charge in [-0.05, 0) is 68.6 Å². The quantitative estimate of drug-likeness (QED) is 0.633. The van der Waals surface area contributed by atoms with Gasteiger partial charge in [-0.1, -0.05) is 19.9 Å². The summed E-state index contributed by atoms with van der Waals surface area (Å²) in [6, 6.07) is 7.17. The molecule has 33 heavy (non-hydrogen) atoms. The van der Waals surface area contributed by atoms with E-state index in [1.807, 2.05) is 13.0 Å². The maximum Gasteiger partial charge on any atom is 0.224 e. The Bertz CT molecular complexity index is 941. The average Bonchev–Trinajstić information content (AvgIpc) is 3.01. The summed E-state index contributed by atoms with van der Waals surface area (Å²) in [5.41, 5.74) is 0.0958. The van der Waals surface area contributed by atoms with Crippen molar-refractivity contribution in [2.24, 2.45) is 23.7 Å². The zero-order chi connectivity index (χ0) is 23.4. The van der Waals surface area contributed by atoms with Crippen LogP contribution in [-0.4, -0.2) is 40.2 Å². The molecule has 4 heterocycles. The van der Waals surface area contributed by atoms with Gasteiger partial charge in [0.25, 0.3) is 0 Å². The third-order valence-electron chi connectivity index (χ3n) is 8.40. The van der Waals surface area contributed by atoms with Crippen molar-refractivity contribution in [3.8, 4) is 0 Å². The van der Waals surface area contributed by atoms with E-state index >= 15 is 0 Å². The van der Waals surface area contributed by atoms with Crippen LogP contribution in [0.1, 0.15) is 59.3 Å². The van der Waals surface area contributed by atoms with Crippen LogP contribution in [0.5, 0.6) is 0 Å².